The average molecular weight is 495 g/mol. The number of benzene rings is 3. The van der Waals surface area contributed by atoms with E-state index in [0.717, 1.165) is 4.31 Å². The number of anilines is 1. The van der Waals surface area contributed by atoms with E-state index in [9.17, 15) is 13.2 Å². The third kappa shape index (κ3) is 6.85. The van der Waals surface area contributed by atoms with Crippen molar-refractivity contribution in [1.29, 1.82) is 0 Å². The molecule has 0 bridgehead atoms. The summed E-state index contributed by atoms with van der Waals surface area (Å²) < 4.78 is 33.6. The number of sulfonamides is 1. The number of amides is 1. The van der Waals surface area contributed by atoms with E-state index in [1.807, 2.05) is 32.0 Å². The quantitative estimate of drug-likeness (QED) is 0.400. The molecule has 0 aromatic heterocycles. The van der Waals surface area contributed by atoms with Crippen molar-refractivity contribution < 1.29 is 17.9 Å². The van der Waals surface area contributed by atoms with Crippen LogP contribution in [0.3, 0.4) is 0 Å². The highest BCUT2D eigenvalue weighted by Gasteiger charge is 2.29. The summed E-state index contributed by atoms with van der Waals surface area (Å²) in [5, 5.41) is 2.99. The van der Waals surface area contributed by atoms with Crippen LogP contribution >= 0.6 is 0 Å². The molecule has 35 heavy (non-hydrogen) atoms. The van der Waals surface area contributed by atoms with E-state index in [4.69, 9.17) is 4.74 Å². The van der Waals surface area contributed by atoms with Gasteiger partial charge in [-0.1, -0.05) is 62.4 Å². The van der Waals surface area contributed by atoms with Gasteiger partial charge in [0.25, 0.3) is 10.0 Å². The van der Waals surface area contributed by atoms with Crippen LogP contribution in [0.1, 0.15) is 39.7 Å². The minimum atomic E-state index is -3.96. The van der Waals surface area contributed by atoms with Crippen molar-refractivity contribution >= 4 is 21.6 Å². The second-order valence-electron chi connectivity index (χ2n) is 9.17. The summed E-state index contributed by atoms with van der Waals surface area (Å²) in [7, 11) is -3.96. The fraction of sp³-hybridized carbons (Fsp3) is 0.321. The fourth-order valence-electron chi connectivity index (χ4n) is 4.18. The second kappa shape index (κ2) is 11.4. The van der Waals surface area contributed by atoms with Crippen molar-refractivity contribution in [1.82, 2.24) is 5.32 Å². The maximum Gasteiger partial charge on any atom is 0.264 e. The van der Waals surface area contributed by atoms with E-state index < -0.39 is 10.0 Å². The first-order chi connectivity index (χ1) is 16.6. The topological polar surface area (TPSA) is 75.7 Å². The minimum Gasteiger partial charge on any atom is -0.494 e. The monoisotopic (exact) mass is 494 g/mol. The van der Waals surface area contributed by atoms with E-state index in [2.05, 4.69) is 31.3 Å². The predicted molar refractivity (Wildman–Crippen MR) is 140 cm³/mol. The van der Waals surface area contributed by atoms with Crippen LogP contribution in [0.4, 0.5) is 5.69 Å². The fourth-order valence-corrected chi connectivity index (χ4v) is 5.63. The van der Waals surface area contributed by atoms with E-state index in [-0.39, 0.29) is 28.8 Å². The predicted octanol–water partition coefficient (Wildman–Crippen LogP) is 5.15. The average Bonchev–Trinajstić information content (AvgIpc) is 2.84. The van der Waals surface area contributed by atoms with Crippen molar-refractivity contribution in [3.63, 3.8) is 0 Å². The summed E-state index contributed by atoms with van der Waals surface area (Å²) >= 11 is 0. The summed E-state index contributed by atoms with van der Waals surface area (Å²) in [4.78, 5) is 13.2. The van der Waals surface area contributed by atoms with Gasteiger partial charge in [-0.05, 0) is 67.6 Å². The molecule has 0 heterocycles. The molecule has 6 nitrogen and oxygen atoms in total. The largest absolute Gasteiger partial charge is 0.494 e. The molecule has 1 atom stereocenters. The number of hydrogen-bond acceptors (Lipinski definition) is 4. The summed E-state index contributed by atoms with van der Waals surface area (Å²) in [5.41, 5.74) is 1.42. The van der Waals surface area contributed by atoms with Crippen molar-refractivity contribution in [2.45, 2.75) is 50.5 Å². The number of ether oxygens (including phenoxy) is 1. The van der Waals surface area contributed by atoms with Crippen LogP contribution in [0.5, 0.6) is 5.75 Å². The van der Waals surface area contributed by atoms with Crippen LogP contribution in [-0.4, -0.2) is 33.5 Å². The molecule has 1 amide bonds. The zero-order chi connectivity index (χ0) is 25.5. The van der Waals surface area contributed by atoms with Gasteiger partial charge in [-0.3, -0.25) is 9.10 Å². The molecule has 3 aromatic rings. The number of carbonyl (C=O) groups excluding carboxylic acids is 1. The zero-order valence-corrected chi connectivity index (χ0v) is 21.6. The van der Waals surface area contributed by atoms with Crippen LogP contribution in [0.25, 0.3) is 0 Å². The minimum absolute atomic E-state index is 0.125. The Morgan fingerprint density at radius 1 is 0.943 bits per heavy atom. The lowest BCUT2D eigenvalue weighted by atomic mass is 9.79. The number of nitrogens with one attached hydrogen (secondary N) is 1. The third-order valence-electron chi connectivity index (χ3n) is 5.83. The maximum atomic E-state index is 13.5. The Hall–Kier alpha value is -3.32. The molecule has 0 radical (unpaired) electrons. The first-order valence-electron chi connectivity index (χ1n) is 11.8. The molecule has 1 unspecified atom stereocenters. The van der Waals surface area contributed by atoms with Gasteiger partial charge < -0.3 is 10.1 Å². The molecule has 1 N–H and O–H groups in total. The standard InChI is InChI=1S/C28H34N2O4S/c1-5-34-25-18-16-24(17-19-25)30(35(32,33)26-14-10-7-11-15-26)21-27(31)29-22(2)20-28(3,4)23-12-8-6-9-13-23/h6-19,22H,5,20-21H2,1-4H3,(H,29,31). The third-order valence-corrected chi connectivity index (χ3v) is 7.62. The van der Waals surface area contributed by atoms with Gasteiger partial charge in [-0.25, -0.2) is 8.42 Å². The normalized spacial score (nSPS) is 12.6. The lowest BCUT2D eigenvalue weighted by molar-refractivity contribution is -0.120. The highest BCUT2D eigenvalue weighted by Crippen LogP contribution is 2.29. The summed E-state index contributed by atoms with van der Waals surface area (Å²) in [6, 6.07) is 24.8. The maximum absolute atomic E-state index is 13.5. The Morgan fingerprint density at radius 3 is 2.09 bits per heavy atom. The number of carbonyl (C=O) groups is 1. The van der Waals surface area contributed by atoms with Crippen LogP contribution in [0.15, 0.2) is 89.8 Å². The molecule has 3 rings (SSSR count). The first-order valence-corrected chi connectivity index (χ1v) is 13.2. The number of nitrogens with zero attached hydrogens (tertiary/aromatic N) is 1. The highest BCUT2D eigenvalue weighted by atomic mass is 32.2. The Kier molecular flexibility index (Phi) is 8.57. The highest BCUT2D eigenvalue weighted by molar-refractivity contribution is 7.92. The van der Waals surface area contributed by atoms with E-state index >= 15 is 0 Å². The van der Waals surface area contributed by atoms with Crippen LogP contribution in [-0.2, 0) is 20.2 Å². The molecule has 0 saturated heterocycles. The van der Waals surface area contributed by atoms with Crippen LogP contribution in [0.2, 0.25) is 0 Å². The molecular formula is C28H34N2O4S. The number of rotatable bonds is 11. The summed E-state index contributed by atoms with van der Waals surface area (Å²) in [6.07, 6.45) is 0.706. The van der Waals surface area contributed by atoms with Crippen LogP contribution in [0, 0.1) is 0 Å². The van der Waals surface area contributed by atoms with Crippen molar-refractivity contribution in [2.24, 2.45) is 0 Å². The molecule has 0 aliphatic rings. The molecule has 3 aromatic carbocycles. The lowest BCUT2D eigenvalue weighted by Crippen LogP contribution is -2.45. The summed E-state index contributed by atoms with van der Waals surface area (Å²) in [5.74, 6) is 0.268. The van der Waals surface area contributed by atoms with Gasteiger partial charge in [0, 0.05) is 6.04 Å². The van der Waals surface area contributed by atoms with Gasteiger partial charge in [-0.15, -0.1) is 0 Å². The Bertz CT molecular complexity index is 1190. The van der Waals surface area contributed by atoms with Gasteiger partial charge in [0.05, 0.1) is 17.2 Å². The molecule has 186 valence electrons. The zero-order valence-electron chi connectivity index (χ0n) is 20.8. The smallest absolute Gasteiger partial charge is 0.264 e. The lowest BCUT2D eigenvalue weighted by Gasteiger charge is -2.30. The van der Waals surface area contributed by atoms with Gasteiger partial charge in [0.2, 0.25) is 5.91 Å². The SMILES string of the molecule is CCOc1ccc(N(CC(=O)NC(C)CC(C)(C)c2ccccc2)S(=O)(=O)c2ccccc2)cc1. The Labute approximate surface area is 209 Å². The van der Waals surface area contributed by atoms with Gasteiger partial charge in [0.15, 0.2) is 0 Å². The second-order valence-corrected chi connectivity index (χ2v) is 11.0. The van der Waals surface area contributed by atoms with E-state index in [1.165, 1.54) is 17.7 Å². The van der Waals surface area contributed by atoms with E-state index in [1.54, 1.807) is 42.5 Å². The van der Waals surface area contributed by atoms with Crippen LogP contribution < -0.4 is 14.4 Å². The summed E-state index contributed by atoms with van der Waals surface area (Å²) in [6.45, 7) is 8.26. The molecule has 0 fully saturated rings. The number of hydrogen-bond donors (Lipinski definition) is 1. The van der Waals surface area contributed by atoms with E-state index in [0.29, 0.717) is 24.5 Å². The molecule has 7 heteroatoms. The molecule has 0 saturated carbocycles. The van der Waals surface area contributed by atoms with Crippen molar-refractivity contribution in [3.8, 4) is 5.75 Å². The first kappa shape index (κ1) is 26.3. The van der Waals surface area contributed by atoms with Gasteiger partial charge in [-0.2, -0.15) is 0 Å². The Morgan fingerprint density at radius 2 is 1.51 bits per heavy atom. The van der Waals surface area contributed by atoms with Crippen molar-refractivity contribution in [2.75, 3.05) is 17.5 Å². The van der Waals surface area contributed by atoms with Gasteiger partial charge >= 0.3 is 0 Å². The molecular weight excluding hydrogens is 460 g/mol. The Balaban J connectivity index is 1.80. The van der Waals surface area contributed by atoms with Gasteiger partial charge in [0.1, 0.15) is 12.3 Å². The van der Waals surface area contributed by atoms with Crippen molar-refractivity contribution in [3.05, 3.63) is 90.5 Å². The molecule has 0 aliphatic carbocycles. The molecule has 0 aliphatic heterocycles. The molecule has 0 spiro atoms.